The van der Waals surface area contributed by atoms with Crippen molar-refractivity contribution < 1.29 is 4.79 Å². The molecule has 1 heterocycles. The highest BCUT2D eigenvalue weighted by molar-refractivity contribution is 6.34. The molecular weight excluding hydrogens is 284 g/mol. The summed E-state index contributed by atoms with van der Waals surface area (Å²) in [6.07, 6.45) is 0.742. The van der Waals surface area contributed by atoms with Crippen LogP contribution in [0.25, 0.3) is 0 Å². The van der Waals surface area contributed by atoms with Gasteiger partial charge in [0.05, 0.1) is 16.6 Å². The molecule has 2 aromatic carbocycles. The van der Waals surface area contributed by atoms with Gasteiger partial charge in [-0.15, -0.1) is 0 Å². The molecule has 3 N–H and O–H groups in total. The highest BCUT2D eigenvalue weighted by atomic mass is 35.5. The van der Waals surface area contributed by atoms with Gasteiger partial charge in [-0.3, -0.25) is 4.79 Å². The number of fused-ring (bicyclic) bond motifs is 1. The molecule has 3 nitrogen and oxygen atoms in total. The predicted octanol–water partition coefficient (Wildman–Crippen LogP) is 3.64. The van der Waals surface area contributed by atoms with Crippen LogP contribution in [0.15, 0.2) is 42.5 Å². The van der Waals surface area contributed by atoms with Crippen molar-refractivity contribution in [3.63, 3.8) is 0 Å². The number of halogens is 1. The van der Waals surface area contributed by atoms with Crippen LogP contribution < -0.4 is 11.1 Å². The van der Waals surface area contributed by atoms with Gasteiger partial charge in [0.2, 0.25) is 5.91 Å². The molecule has 0 saturated carbocycles. The van der Waals surface area contributed by atoms with E-state index in [-0.39, 0.29) is 17.9 Å². The first-order chi connectivity index (χ1) is 10.1. The third kappa shape index (κ3) is 2.67. The number of benzene rings is 2. The summed E-state index contributed by atoms with van der Waals surface area (Å²) in [6.45, 7) is 1.88. The van der Waals surface area contributed by atoms with E-state index >= 15 is 0 Å². The molecule has 0 aromatic heterocycles. The summed E-state index contributed by atoms with van der Waals surface area (Å²) >= 11 is 6.28. The van der Waals surface area contributed by atoms with Gasteiger partial charge in [-0.1, -0.05) is 48.0 Å². The maximum Gasteiger partial charge on any atom is 0.231 e. The van der Waals surface area contributed by atoms with Crippen LogP contribution in [0.2, 0.25) is 5.02 Å². The lowest BCUT2D eigenvalue weighted by Crippen LogP contribution is -2.13. The Balaban J connectivity index is 1.90. The predicted molar refractivity (Wildman–Crippen MR) is 85.6 cm³/mol. The van der Waals surface area contributed by atoms with Gasteiger partial charge in [0.25, 0.3) is 0 Å². The lowest BCUT2D eigenvalue weighted by Gasteiger charge is -2.15. The molecule has 0 aliphatic carbocycles. The monoisotopic (exact) mass is 300 g/mol. The maximum atomic E-state index is 11.8. The molecule has 0 spiro atoms. The molecular formula is C17H17ClN2O. The molecule has 21 heavy (non-hydrogen) atoms. The van der Waals surface area contributed by atoms with Gasteiger partial charge in [0.15, 0.2) is 0 Å². The number of hydrogen-bond donors (Lipinski definition) is 2. The molecule has 1 amide bonds. The first kappa shape index (κ1) is 14.1. The van der Waals surface area contributed by atoms with Crippen LogP contribution in [0, 0.1) is 0 Å². The zero-order valence-corrected chi connectivity index (χ0v) is 12.5. The molecule has 0 bridgehead atoms. The Morgan fingerprint density at radius 1 is 1.29 bits per heavy atom. The number of carbonyl (C=O) groups is 1. The average Bonchev–Trinajstić information content (AvgIpc) is 2.77. The Labute approximate surface area is 129 Å². The SMILES string of the molecule is CC1C(=O)Nc2c(Cl)cc(C(N)Cc3ccccc3)cc21. The van der Waals surface area contributed by atoms with Crippen molar-refractivity contribution in [3.05, 3.63) is 64.2 Å². The minimum absolute atomic E-state index is 0.0133. The van der Waals surface area contributed by atoms with E-state index in [2.05, 4.69) is 17.4 Å². The van der Waals surface area contributed by atoms with E-state index in [0.29, 0.717) is 5.02 Å². The number of nitrogens with two attached hydrogens (primary N) is 1. The number of nitrogens with one attached hydrogen (secondary N) is 1. The van der Waals surface area contributed by atoms with Gasteiger partial charge in [0, 0.05) is 6.04 Å². The number of amides is 1. The highest BCUT2D eigenvalue weighted by Crippen LogP contribution is 2.39. The Hall–Kier alpha value is -1.84. The second-order valence-corrected chi connectivity index (χ2v) is 5.88. The number of anilines is 1. The molecule has 0 fully saturated rings. The van der Waals surface area contributed by atoms with E-state index in [1.165, 1.54) is 5.56 Å². The number of hydrogen-bond acceptors (Lipinski definition) is 2. The fourth-order valence-electron chi connectivity index (χ4n) is 2.70. The van der Waals surface area contributed by atoms with E-state index in [1.807, 2.05) is 37.3 Å². The summed E-state index contributed by atoms with van der Waals surface area (Å²) < 4.78 is 0. The first-order valence-corrected chi connectivity index (χ1v) is 7.37. The molecule has 0 saturated heterocycles. The zero-order chi connectivity index (χ0) is 15.0. The Kier molecular flexibility index (Phi) is 3.70. The molecule has 2 atom stereocenters. The summed E-state index contributed by atoms with van der Waals surface area (Å²) in [7, 11) is 0. The van der Waals surface area contributed by atoms with Crippen LogP contribution in [-0.4, -0.2) is 5.91 Å². The van der Waals surface area contributed by atoms with Crippen LogP contribution >= 0.6 is 11.6 Å². The van der Waals surface area contributed by atoms with Crippen molar-refractivity contribution in [1.29, 1.82) is 0 Å². The van der Waals surface area contributed by atoms with E-state index in [4.69, 9.17) is 17.3 Å². The molecule has 2 unspecified atom stereocenters. The van der Waals surface area contributed by atoms with E-state index in [0.717, 1.165) is 23.2 Å². The van der Waals surface area contributed by atoms with E-state index < -0.39 is 0 Å². The lowest BCUT2D eigenvalue weighted by atomic mass is 9.94. The first-order valence-electron chi connectivity index (χ1n) is 7.00. The quantitative estimate of drug-likeness (QED) is 0.909. The summed E-state index contributed by atoms with van der Waals surface area (Å²) in [6, 6.07) is 13.8. The molecule has 4 heteroatoms. The Morgan fingerprint density at radius 3 is 2.71 bits per heavy atom. The van der Waals surface area contributed by atoms with Gasteiger partial charge in [0.1, 0.15) is 0 Å². The van der Waals surface area contributed by atoms with E-state index in [1.54, 1.807) is 0 Å². The van der Waals surface area contributed by atoms with Gasteiger partial charge in [-0.05, 0) is 36.1 Å². The third-order valence-corrected chi connectivity index (χ3v) is 4.28. The van der Waals surface area contributed by atoms with Crippen LogP contribution in [-0.2, 0) is 11.2 Å². The van der Waals surface area contributed by atoms with Gasteiger partial charge in [-0.25, -0.2) is 0 Å². The van der Waals surface area contributed by atoms with Crippen molar-refractivity contribution in [3.8, 4) is 0 Å². The molecule has 3 rings (SSSR count). The maximum absolute atomic E-state index is 11.8. The number of carbonyl (C=O) groups excluding carboxylic acids is 1. The van der Waals surface area contributed by atoms with Gasteiger partial charge >= 0.3 is 0 Å². The normalized spacial score (nSPS) is 18.2. The lowest BCUT2D eigenvalue weighted by molar-refractivity contribution is -0.116. The topological polar surface area (TPSA) is 55.1 Å². The second-order valence-electron chi connectivity index (χ2n) is 5.47. The largest absolute Gasteiger partial charge is 0.324 e. The summed E-state index contributed by atoms with van der Waals surface area (Å²) in [5.41, 5.74) is 10.1. The molecule has 1 aliphatic heterocycles. The van der Waals surface area contributed by atoms with Crippen molar-refractivity contribution in [1.82, 2.24) is 0 Å². The summed E-state index contributed by atoms with van der Waals surface area (Å²) in [4.78, 5) is 11.8. The van der Waals surface area contributed by atoms with Crippen LogP contribution in [0.1, 0.15) is 35.6 Å². The smallest absolute Gasteiger partial charge is 0.231 e. The van der Waals surface area contributed by atoms with Crippen molar-refractivity contribution in [2.45, 2.75) is 25.3 Å². The molecule has 2 aromatic rings. The summed E-state index contributed by atoms with van der Waals surface area (Å²) in [5, 5.41) is 3.38. The van der Waals surface area contributed by atoms with Crippen LogP contribution in [0.5, 0.6) is 0 Å². The van der Waals surface area contributed by atoms with Crippen molar-refractivity contribution in [2.24, 2.45) is 5.73 Å². The minimum atomic E-state index is -0.179. The Morgan fingerprint density at radius 2 is 2.00 bits per heavy atom. The van der Waals surface area contributed by atoms with Crippen LogP contribution in [0.3, 0.4) is 0 Å². The third-order valence-electron chi connectivity index (χ3n) is 3.98. The fraction of sp³-hybridized carbons (Fsp3) is 0.235. The average molecular weight is 301 g/mol. The molecule has 108 valence electrons. The van der Waals surface area contributed by atoms with Gasteiger partial charge in [-0.2, -0.15) is 0 Å². The fourth-order valence-corrected chi connectivity index (χ4v) is 2.98. The highest BCUT2D eigenvalue weighted by Gasteiger charge is 2.29. The second kappa shape index (κ2) is 5.51. The number of rotatable bonds is 3. The molecule has 1 aliphatic rings. The minimum Gasteiger partial charge on any atom is -0.324 e. The standard InChI is InChI=1S/C17H17ClN2O/c1-10-13-8-12(9-14(18)16(13)20-17(10)21)15(19)7-11-5-3-2-4-6-11/h2-6,8-10,15H,7,19H2,1H3,(H,20,21). The zero-order valence-electron chi connectivity index (χ0n) is 11.8. The van der Waals surface area contributed by atoms with Crippen molar-refractivity contribution in [2.75, 3.05) is 5.32 Å². The van der Waals surface area contributed by atoms with Gasteiger partial charge < -0.3 is 11.1 Å². The summed E-state index contributed by atoms with van der Waals surface area (Å²) in [5.74, 6) is -0.193. The molecule has 0 radical (unpaired) electrons. The van der Waals surface area contributed by atoms with Crippen molar-refractivity contribution >= 4 is 23.2 Å². The van der Waals surface area contributed by atoms with Crippen LogP contribution in [0.4, 0.5) is 5.69 Å². The Bertz CT molecular complexity index is 685. The van der Waals surface area contributed by atoms with E-state index in [9.17, 15) is 4.79 Å².